The van der Waals surface area contributed by atoms with E-state index < -0.39 is 0 Å². The lowest BCUT2D eigenvalue weighted by Gasteiger charge is -2.26. The zero-order chi connectivity index (χ0) is 11.4. The van der Waals surface area contributed by atoms with Gasteiger partial charge in [-0.3, -0.25) is 0 Å². The molecule has 0 amide bonds. The van der Waals surface area contributed by atoms with Gasteiger partial charge in [0, 0.05) is 18.3 Å². The zero-order valence-electron chi connectivity index (χ0n) is 9.60. The van der Waals surface area contributed by atoms with Gasteiger partial charge in [0.05, 0.1) is 10.2 Å². The maximum atomic E-state index is 5.81. The number of nitrogens with two attached hydrogens (primary N) is 1. The number of nitrogens with zero attached hydrogens (tertiary/aromatic N) is 2. The number of nitrogen functional groups attached to an aromatic ring is 1. The Balaban J connectivity index is 1.76. The van der Waals surface area contributed by atoms with Crippen LogP contribution in [0.3, 0.4) is 0 Å². The van der Waals surface area contributed by atoms with E-state index in [2.05, 4.69) is 4.90 Å². The van der Waals surface area contributed by atoms with Crippen LogP contribution in [0.15, 0.2) is 18.2 Å². The number of aromatic nitrogens is 1. The van der Waals surface area contributed by atoms with Gasteiger partial charge in [0.2, 0.25) is 0 Å². The number of rotatable bonds is 1. The second-order valence-electron chi connectivity index (χ2n) is 5.21. The predicted octanol–water partition coefficient (Wildman–Crippen LogP) is 2.87. The molecule has 2 unspecified atom stereocenters. The molecule has 0 spiro atoms. The van der Waals surface area contributed by atoms with Crippen LogP contribution in [0.25, 0.3) is 10.2 Å². The number of piperidine rings is 1. The number of anilines is 2. The van der Waals surface area contributed by atoms with Gasteiger partial charge >= 0.3 is 0 Å². The third kappa shape index (κ3) is 1.43. The van der Waals surface area contributed by atoms with Crippen LogP contribution in [0.2, 0.25) is 0 Å². The number of thiazole rings is 1. The molecule has 1 aromatic carbocycles. The lowest BCUT2D eigenvalue weighted by Crippen LogP contribution is -2.31. The molecule has 0 radical (unpaired) electrons. The van der Waals surface area contributed by atoms with Crippen molar-refractivity contribution in [3.05, 3.63) is 18.2 Å². The van der Waals surface area contributed by atoms with E-state index >= 15 is 0 Å². The fourth-order valence-electron chi connectivity index (χ4n) is 3.21. The second-order valence-corrected chi connectivity index (χ2v) is 6.22. The summed E-state index contributed by atoms with van der Waals surface area (Å²) in [5.74, 6) is 0.914. The molecule has 1 aromatic heterocycles. The van der Waals surface area contributed by atoms with Crippen LogP contribution < -0.4 is 10.6 Å². The normalized spacial score (nSPS) is 27.2. The molecule has 4 heteroatoms. The first kappa shape index (κ1) is 9.71. The summed E-state index contributed by atoms with van der Waals surface area (Å²) in [5, 5.41) is 1.19. The Kier molecular flexibility index (Phi) is 1.92. The standard InChI is InChI=1S/C13H15N3S/c14-9-2-4-11-12(6-9)17-13(15-11)16-7-8-1-3-10(16)5-8/h2,4,6,8,10H,1,3,5,7,14H2. The third-order valence-corrected chi connectivity index (χ3v) is 5.11. The van der Waals surface area contributed by atoms with Crippen molar-refractivity contribution < 1.29 is 0 Å². The summed E-state index contributed by atoms with van der Waals surface area (Å²) in [5.41, 5.74) is 7.73. The first-order valence-corrected chi connectivity index (χ1v) is 7.04. The van der Waals surface area contributed by atoms with E-state index in [1.807, 2.05) is 18.2 Å². The number of hydrogen-bond donors (Lipinski definition) is 1. The molecule has 2 aromatic rings. The Morgan fingerprint density at radius 2 is 2.29 bits per heavy atom. The van der Waals surface area contributed by atoms with Gasteiger partial charge in [0.1, 0.15) is 0 Å². The minimum Gasteiger partial charge on any atom is -0.399 e. The minimum absolute atomic E-state index is 0.748. The van der Waals surface area contributed by atoms with E-state index in [0.29, 0.717) is 0 Å². The summed E-state index contributed by atoms with van der Waals surface area (Å²) in [6.07, 6.45) is 4.14. The topological polar surface area (TPSA) is 42.1 Å². The van der Waals surface area contributed by atoms with Crippen molar-refractivity contribution in [3.63, 3.8) is 0 Å². The number of benzene rings is 1. The van der Waals surface area contributed by atoms with Crippen LogP contribution in [0.5, 0.6) is 0 Å². The summed E-state index contributed by atoms with van der Waals surface area (Å²) < 4.78 is 1.21. The lowest BCUT2D eigenvalue weighted by atomic mass is 10.1. The maximum absolute atomic E-state index is 5.81. The second kappa shape index (κ2) is 3.35. The molecule has 2 heterocycles. The highest BCUT2D eigenvalue weighted by Gasteiger charge is 2.38. The van der Waals surface area contributed by atoms with Crippen molar-refractivity contribution in [2.45, 2.75) is 25.3 Å². The van der Waals surface area contributed by atoms with Gasteiger partial charge in [0.25, 0.3) is 0 Å². The molecule has 17 heavy (non-hydrogen) atoms. The summed E-state index contributed by atoms with van der Waals surface area (Å²) in [7, 11) is 0. The monoisotopic (exact) mass is 245 g/mol. The Hall–Kier alpha value is -1.29. The predicted molar refractivity (Wildman–Crippen MR) is 72.5 cm³/mol. The van der Waals surface area contributed by atoms with Gasteiger partial charge in [0.15, 0.2) is 5.13 Å². The molecule has 2 atom stereocenters. The molecule has 2 bridgehead atoms. The molecule has 1 saturated carbocycles. The van der Waals surface area contributed by atoms with Gasteiger partial charge in [-0.2, -0.15) is 0 Å². The largest absolute Gasteiger partial charge is 0.399 e. The Morgan fingerprint density at radius 1 is 1.35 bits per heavy atom. The van der Waals surface area contributed by atoms with Gasteiger partial charge in [-0.15, -0.1) is 0 Å². The van der Waals surface area contributed by atoms with E-state index in [4.69, 9.17) is 10.7 Å². The molecule has 1 aliphatic carbocycles. The van der Waals surface area contributed by atoms with Crippen LogP contribution >= 0.6 is 11.3 Å². The fraction of sp³-hybridized carbons (Fsp3) is 0.462. The van der Waals surface area contributed by atoms with Crippen LogP contribution in [-0.4, -0.2) is 17.6 Å². The smallest absolute Gasteiger partial charge is 0.186 e. The van der Waals surface area contributed by atoms with Crippen LogP contribution in [-0.2, 0) is 0 Å². The highest BCUT2D eigenvalue weighted by Crippen LogP contribution is 2.42. The van der Waals surface area contributed by atoms with E-state index in [1.54, 1.807) is 11.3 Å². The SMILES string of the molecule is Nc1ccc2nc(N3CC4CCC3C4)sc2c1. The van der Waals surface area contributed by atoms with E-state index in [0.717, 1.165) is 23.2 Å². The summed E-state index contributed by atoms with van der Waals surface area (Å²) >= 11 is 1.78. The molecular formula is C13H15N3S. The first-order valence-electron chi connectivity index (χ1n) is 6.22. The van der Waals surface area contributed by atoms with Gasteiger partial charge < -0.3 is 10.6 Å². The maximum Gasteiger partial charge on any atom is 0.186 e. The van der Waals surface area contributed by atoms with Crippen LogP contribution in [0.4, 0.5) is 10.8 Å². The summed E-state index contributed by atoms with van der Waals surface area (Å²) in [4.78, 5) is 7.25. The zero-order valence-corrected chi connectivity index (χ0v) is 10.4. The van der Waals surface area contributed by atoms with Crippen molar-refractivity contribution >= 4 is 32.4 Å². The molecule has 4 rings (SSSR count). The Morgan fingerprint density at radius 3 is 3.06 bits per heavy atom. The minimum atomic E-state index is 0.748. The average molecular weight is 245 g/mol. The Bertz CT molecular complexity index is 577. The summed E-state index contributed by atoms with van der Waals surface area (Å²) in [6, 6.07) is 6.74. The highest BCUT2D eigenvalue weighted by molar-refractivity contribution is 7.22. The lowest BCUT2D eigenvalue weighted by molar-refractivity contribution is 0.553. The summed E-state index contributed by atoms with van der Waals surface area (Å²) in [6.45, 7) is 1.21. The molecule has 3 nitrogen and oxygen atoms in total. The van der Waals surface area contributed by atoms with E-state index in [-0.39, 0.29) is 0 Å². The van der Waals surface area contributed by atoms with Crippen molar-refractivity contribution in [3.8, 4) is 0 Å². The molecule has 88 valence electrons. The van der Waals surface area contributed by atoms with Gasteiger partial charge in [-0.05, 0) is 43.4 Å². The molecule has 2 aliphatic rings. The van der Waals surface area contributed by atoms with Crippen molar-refractivity contribution in [1.29, 1.82) is 0 Å². The third-order valence-electron chi connectivity index (χ3n) is 4.06. The number of fused-ring (bicyclic) bond motifs is 3. The Labute approximate surface area is 104 Å². The van der Waals surface area contributed by atoms with Gasteiger partial charge in [-0.1, -0.05) is 11.3 Å². The average Bonchev–Trinajstić information content (AvgIpc) is 3.01. The quantitative estimate of drug-likeness (QED) is 0.786. The van der Waals surface area contributed by atoms with Gasteiger partial charge in [-0.25, -0.2) is 4.98 Å². The van der Waals surface area contributed by atoms with E-state index in [1.165, 1.54) is 35.6 Å². The van der Waals surface area contributed by atoms with E-state index in [9.17, 15) is 0 Å². The molecule has 1 aliphatic heterocycles. The molecule has 2 fully saturated rings. The molecular weight excluding hydrogens is 230 g/mol. The van der Waals surface area contributed by atoms with Crippen molar-refractivity contribution in [1.82, 2.24) is 4.98 Å². The van der Waals surface area contributed by atoms with Crippen LogP contribution in [0.1, 0.15) is 19.3 Å². The first-order chi connectivity index (χ1) is 8.29. The van der Waals surface area contributed by atoms with Crippen LogP contribution in [0, 0.1) is 5.92 Å². The molecule has 2 N–H and O–H groups in total. The fourth-order valence-corrected chi connectivity index (χ4v) is 4.31. The van der Waals surface area contributed by atoms with Crippen molar-refractivity contribution in [2.24, 2.45) is 5.92 Å². The highest BCUT2D eigenvalue weighted by atomic mass is 32.1. The molecule has 1 saturated heterocycles. The number of hydrogen-bond acceptors (Lipinski definition) is 4. The van der Waals surface area contributed by atoms with Crippen molar-refractivity contribution in [2.75, 3.05) is 17.2 Å².